The number of hydrogen-bond acceptors (Lipinski definition) is 2. The lowest BCUT2D eigenvalue weighted by Crippen LogP contribution is -2.35. The summed E-state index contributed by atoms with van der Waals surface area (Å²) in [5, 5.41) is 19.2. The Hall–Kier alpha value is -1.32. The second-order valence-corrected chi connectivity index (χ2v) is 7.58. The third-order valence-electron chi connectivity index (χ3n) is 4.96. The van der Waals surface area contributed by atoms with E-state index in [2.05, 4.69) is 34.6 Å². The molecule has 140 valence electrons. The molecule has 0 aromatic rings. The summed E-state index contributed by atoms with van der Waals surface area (Å²) in [7, 11) is 0. The van der Waals surface area contributed by atoms with Crippen LogP contribution in [0.5, 0.6) is 0 Å². The summed E-state index contributed by atoms with van der Waals surface area (Å²) in [5.74, 6) is -2.03. The smallest absolute Gasteiger partial charge is 0.343 e. The topological polar surface area (TPSA) is 74.6 Å². The van der Waals surface area contributed by atoms with Gasteiger partial charge in [0.05, 0.1) is 0 Å². The fourth-order valence-electron chi connectivity index (χ4n) is 3.80. The fourth-order valence-corrected chi connectivity index (χ4v) is 3.80. The number of carboxylic acids is 2. The highest BCUT2D eigenvalue weighted by Crippen LogP contribution is 2.49. The van der Waals surface area contributed by atoms with Gasteiger partial charge < -0.3 is 10.2 Å². The maximum Gasteiger partial charge on any atom is 0.343 e. The second-order valence-electron chi connectivity index (χ2n) is 7.58. The van der Waals surface area contributed by atoms with E-state index in [1.165, 1.54) is 0 Å². The van der Waals surface area contributed by atoms with Crippen LogP contribution < -0.4 is 0 Å². The van der Waals surface area contributed by atoms with Gasteiger partial charge in [-0.1, -0.05) is 60.8 Å². The molecule has 0 bridgehead atoms. The molecule has 1 unspecified atom stereocenters. The number of carbonyl (C=O) groups is 2. The third kappa shape index (κ3) is 5.95. The molecule has 4 nitrogen and oxygen atoms in total. The maximum absolute atomic E-state index is 11.7. The molecule has 0 spiro atoms. The van der Waals surface area contributed by atoms with E-state index >= 15 is 0 Å². The number of allylic oxidation sites excluding steroid dienone is 1. The predicted molar refractivity (Wildman–Crippen MR) is 98.1 cm³/mol. The Balaban J connectivity index is 6.46. The summed E-state index contributed by atoms with van der Waals surface area (Å²) in [6, 6.07) is 0. The average molecular weight is 341 g/mol. The van der Waals surface area contributed by atoms with Crippen molar-refractivity contribution in [2.24, 2.45) is 17.3 Å². The first kappa shape index (κ1) is 22.7. The van der Waals surface area contributed by atoms with Gasteiger partial charge in [0.25, 0.3) is 0 Å². The Morgan fingerprint density at radius 3 is 1.75 bits per heavy atom. The highest BCUT2D eigenvalue weighted by atomic mass is 16.4. The molecule has 0 rings (SSSR count). The molecule has 0 amide bonds. The summed E-state index contributed by atoms with van der Waals surface area (Å²) in [6.07, 6.45) is 5.96. The molecule has 0 heterocycles. The molecule has 0 aliphatic heterocycles. The second kappa shape index (κ2) is 10.5. The van der Waals surface area contributed by atoms with Gasteiger partial charge in [-0.2, -0.15) is 0 Å². The number of aliphatic carboxylic acids is 2. The van der Waals surface area contributed by atoms with Crippen LogP contribution in [0, 0.1) is 17.3 Å². The lowest BCUT2D eigenvalue weighted by Gasteiger charge is -2.42. The lowest BCUT2D eigenvalue weighted by molar-refractivity contribution is -0.140. The molecule has 0 radical (unpaired) electrons. The maximum atomic E-state index is 11.7. The van der Waals surface area contributed by atoms with E-state index in [-0.39, 0.29) is 11.3 Å². The summed E-state index contributed by atoms with van der Waals surface area (Å²) in [6.45, 7) is 12.6. The Kier molecular flexibility index (Phi) is 9.95. The van der Waals surface area contributed by atoms with Crippen molar-refractivity contribution < 1.29 is 19.8 Å². The van der Waals surface area contributed by atoms with Crippen molar-refractivity contribution in [3.8, 4) is 0 Å². The monoisotopic (exact) mass is 340 g/mol. The minimum atomic E-state index is -1.31. The van der Waals surface area contributed by atoms with Gasteiger partial charge in [-0.25, -0.2) is 9.59 Å². The van der Waals surface area contributed by atoms with E-state index in [1.54, 1.807) is 0 Å². The molecule has 0 aromatic carbocycles. The first-order chi connectivity index (χ1) is 11.1. The molecule has 0 saturated carbocycles. The van der Waals surface area contributed by atoms with E-state index < -0.39 is 17.5 Å². The molecular weight excluding hydrogens is 304 g/mol. The highest BCUT2D eigenvalue weighted by molar-refractivity contribution is 6.13. The van der Waals surface area contributed by atoms with Crippen molar-refractivity contribution in [3.63, 3.8) is 0 Å². The minimum Gasteiger partial charge on any atom is -0.477 e. The Morgan fingerprint density at radius 2 is 1.42 bits per heavy atom. The molecule has 0 fully saturated rings. The molecule has 0 aromatic heterocycles. The Bertz CT molecular complexity index is 433. The van der Waals surface area contributed by atoms with Crippen LogP contribution in [0.2, 0.25) is 0 Å². The molecule has 1 atom stereocenters. The number of carboxylic acid groups (broad SMARTS) is 2. The van der Waals surface area contributed by atoms with Crippen molar-refractivity contribution in [1.82, 2.24) is 0 Å². The molecule has 4 heteroatoms. The van der Waals surface area contributed by atoms with Crippen molar-refractivity contribution in [3.05, 3.63) is 11.1 Å². The van der Waals surface area contributed by atoms with Gasteiger partial charge in [0.15, 0.2) is 0 Å². The van der Waals surface area contributed by atoms with Crippen LogP contribution >= 0.6 is 0 Å². The van der Waals surface area contributed by atoms with Crippen LogP contribution in [0.1, 0.15) is 86.5 Å². The van der Waals surface area contributed by atoms with Crippen LogP contribution in [-0.2, 0) is 9.59 Å². The van der Waals surface area contributed by atoms with E-state index in [4.69, 9.17) is 0 Å². The van der Waals surface area contributed by atoms with E-state index in [9.17, 15) is 19.8 Å². The van der Waals surface area contributed by atoms with Gasteiger partial charge in [0.1, 0.15) is 5.57 Å². The zero-order valence-electron chi connectivity index (χ0n) is 16.3. The predicted octanol–water partition coefficient (Wildman–Crippen LogP) is 5.52. The van der Waals surface area contributed by atoms with Crippen molar-refractivity contribution in [2.45, 2.75) is 86.5 Å². The zero-order valence-corrected chi connectivity index (χ0v) is 16.3. The van der Waals surface area contributed by atoms with Gasteiger partial charge >= 0.3 is 11.9 Å². The van der Waals surface area contributed by atoms with E-state index in [0.29, 0.717) is 17.9 Å². The van der Waals surface area contributed by atoms with Crippen molar-refractivity contribution in [1.29, 1.82) is 0 Å². The molecule has 0 saturated heterocycles. The summed E-state index contributed by atoms with van der Waals surface area (Å²) in [4.78, 5) is 23.5. The number of rotatable bonds is 12. The van der Waals surface area contributed by atoms with Gasteiger partial charge in [0, 0.05) is 0 Å². The molecule has 24 heavy (non-hydrogen) atoms. The summed E-state index contributed by atoms with van der Waals surface area (Å²) < 4.78 is 0. The first-order valence-electron chi connectivity index (χ1n) is 9.34. The highest BCUT2D eigenvalue weighted by Gasteiger charge is 2.41. The summed E-state index contributed by atoms with van der Waals surface area (Å²) >= 11 is 0. The summed E-state index contributed by atoms with van der Waals surface area (Å²) in [5.41, 5.74) is -0.0961. The largest absolute Gasteiger partial charge is 0.477 e. The minimum absolute atomic E-state index is 0.201. The average Bonchev–Trinajstić information content (AvgIpc) is 2.46. The van der Waals surface area contributed by atoms with Crippen LogP contribution in [0.25, 0.3) is 0 Å². The molecular formula is C20H36O4. The number of unbranched alkanes of at least 4 members (excludes halogenated alkanes) is 2. The van der Waals surface area contributed by atoms with Gasteiger partial charge in [-0.15, -0.1) is 0 Å². The van der Waals surface area contributed by atoms with Crippen LogP contribution in [0.4, 0.5) is 0 Å². The van der Waals surface area contributed by atoms with Crippen molar-refractivity contribution >= 4 is 11.9 Å². The normalized spacial score (nSPS) is 13.8. The van der Waals surface area contributed by atoms with Crippen LogP contribution in [0.3, 0.4) is 0 Å². The quantitative estimate of drug-likeness (QED) is 0.278. The van der Waals surface area contributed by atoms with E-state index in [0.717, 1.165) is 38.5 Å². The third-order valence-corrected chi connectivity index (χ3v) is 4.96. The Morgan fingerprint density at radius 1 is 0.917 bits per heavy atom. The number of hydrogen-bond donors (Lipinski definition) is 2. The molecule has 2 N–H and O–H groups in total. The van der Waals surface area contributed by atoms with Crippen molar-refractivity contribution in [2.75, 3.05) is 0 Å². The van der Waals surface area contributed by atoms with Gasteiger partial charge in [-0.3, -0.25) is 0 Å². The Labute approximate surface area is 147 Å². The van der Waals surface area contributed by atoms with Gasteiger partial charge in [-0.05, 0) is 48.5 Å². The molecule has 0 aliphatic carbocycles. The van der Waals surface area contributed by atoms with Crippen LogP contribution in [-0.4, -0.2) is 22.2 Å². The fraction of sp³-hybridized carbons (Fsp3) is 0.800. The SMILES string of the molecule is CCCCC(=C(C(=O)O)C(=O)O)C(CCCC)(CC(C)C)C(C)C. The standard InChI is InChI=1S/C20H36O4/c1-7-9-11-16(17(18(21)22)19(23)24)20(15(5)6,12-10-8-2)13-14(3)4/h14-15H,7-13H2,1-6H3,(H,21,22)(H,23,24). The van der Waals surface area contributed by atoms with E-state index in [1.807, 2.05) is 6.92 Å². The zero-order chi connectivity index (χ0) is 18.9. The van der Waals surface area contributed by atoms with Crippen LogP contribution in [0.15, 0.2) is 11.1 Å². The first-order valence-corrected chi connectivity index (χ1v) is 9.34. The molecule has 0 aliphatic rings. The van der Waals surface area contributed by atoms with Gasteiger partial charge in [0.2, 0.25) is 0 Å². The lowest BCUT2D eigenvalue weighted by atomic mass is 9.61.